The Morgan fingerprint density at radius 2 is 0.800 bits per heavy atom. The Hall–Kier alpha value is -0.180. The van der Waals surface area contributed by atoms with Crippen LogP contribution in [0.2, 0.25) is 0 Å². The van der Waals surface area contributed by atoms with E-state index < -0.39 is 0 Å². The topological polar surface area (TPSA) is 0 Å². The van der Waals surface area contributed by atoms with E-state index in [1.54, 1.807) is 0 Å². The number of rotatable bonds is 8. The van der Waals surface area contributed by atoms with Crippen molar-refractivity contribution >= 4 is 0 Å². The molecule has 0 aromatic rings. The lowest BCUT2D eigenvalue weighted by atomic mass is 10.2. The molecule has 0 rings (SSSR count). The van der Waals surface area contributed by atoms with Crippen molar-refractivity contribution < 1.29 is 13.9 Å². The average molecular weight is 225 g/mol. The Kier molecular flexibility index (Phi) is 16.1. The molecule has 0 atom stereocenters. The van der Waals surface area contributed by atoms with E-state index >= 15 is 0 Å². The first-order chi connectivity index (χ1) is 6.24. The number of hydrogen-bond acceptors (Lipinski definition) is 0. The highest BCUT2D eigenvalue weighted by atomic mass is 19.0. The van der Waals surface area contributed by atoms with Gasteiger partial charge in [0.25, 0.3) is 0 Å². The van der Waals surface area contributed by atoms with Crippen molar-refractivity contribution in [2.45, 2.75) is 53.4 Å². The third-order valence-electron chi connectivity index (χ3n) is 2.79. The van der Waals surface area contributed by atoms with Crippen LogP contribution in [0.5, 0.6) is 0 Å². The summed E-state index contributed by atoms with van der Waals surface area (Å²) >= 11 is 0. The van der Waals surface area contributed by atoms with Crippen LogP contribution >= 0.6 is 0 Å². The molecule has 0 aliphatic rings. The van der Waals surface area contributed by atoms with Crippen molar-refractivity contribution in [1.82, 2.24) is 0 Å². The summed E-state index contributed by atoms with van der Waals surface area (Å²) in [7, 11) is 0. The lowest BCUT2D eigenvalue weighted by molar-refractivity contribution is -0.928. The Morgan fingerprint density at radius 1 is 0.600 bits per heavy atom. The summed E-state index contributed by atoms with van der Waals surface area (Å²) in [5.41, 5.74) is 0. The fourth-order valence-electron chi connectivity index (χ4n) is 2.57. The van der Waals surface area contributed by atoms with Crippen LogP contribution in [0.3, 0.4) is 0 Å². The van der Waals surface area contributed by atoms with Crippen molar-refractivity contribution in [3.8, 4) is 0 Å². The molecule has 1 nitrogen and oxygen atoms in total. The summed E-state index contributed by atoms with van der Waals surface area (Å²) in [5.74, 6) is 0. The van der Waals surface area contributed by atoms with Gasteiger partial charge in [-0.3, -0.25) is 4.70 Å². The summed E-state index contributed by atoms with van der Waals surface area (Å²) in [6.07, 6.45) is 5.33. The molecule has 0 aromatic heterocycles. The van der Waals surface area contributed by atoms with Crippen LogP contribution in [0.1, 0.15) is 53.4 Å². The van der Waals surface area contributed by atoms with E-state index in [1.165, 1.54) is 56.3 Å². The van der Waals surface area contributed by atoms with E-state index in [9.17, 15) is 0 Å². The van der Waals surface area contributed by atoms with Crippen LogP contribution < -0.4 is 4.70 Å². The molecular weight excluding hydrogens is 196 g/mol. The minimum Gasteiger partial charge on any atom is -1.00 e. The highest BCUT2D eigenvalue weighted by Gasteiger charge is 2.22. The van der Waals surface area contributed by atoms with E-state index in [4.69, 9.17) is 0 Å². The number of hydrogen-bond donors (Lipinski definition) is 0. The minimum atomic E-state index is 0. The molecule has 0 heterocycles. The fourth-order valence-corrected chi connectivity index (χ4v) is 2.57. The highest BCUT2D eigenvalue weighted by Crippen LogP contribution is 2.12. The van der Waals surface area contributed by atoms with Gasteiger partial charge in [-0.25, -0.2) is 0 Å². The molecule has 0 unspecified atom stereocenters. The van der Waals surface area contributed by atoms with Crippen molar-refractivity contribution in [3.63, 3.8) is 0 Å². The van der Waals surface area contributed by atoms with Gasteiger partial charge in [-0.15, -0.1) is 0 Å². The first-order valence-electron chi connectivity index (χ1n) is 6.09. The monoisotopic (exact) mass is 225 g/mol. The second-order valence-electron chi connectivity index (χ2n) is 4.24. The quantitative estimate of drug-likeness (QED) is 0.531. The lowest BCUT2D eigenvalue weighted by Crippen LogP contribution is -3.00. The van der Waals surface area contributed by atoms with Gasteiger partial charge in [0.05, 0.1) is 26.2 Å². The molecule has 15 heavy (non-hydrogen) atoms. The highest BCUT2D eigenvalue weighted by molar-refractivity contribution is 4.43. The predicted octanol–water partition coefficient (Wildman–Crippen LogP) is 0.600. The van der Waals surface area contributed by atoms with Crippen LogP contribution in [0.15, 0.2) is 0 Å². The maximum Gasteiger partial charge on any atom is 0.0783 e. The molecule has 3 heteroatoms. The molecule has 0 N–H and O–H groups in total. The first-order valence-corrected chi connectivity index (χ1v) is 6.09. The first kappa shape index (κ1) is 20.3. The SMILES string of the molecule is CCC[N+](CCC)(CCC)CCC.F.[F-]. The maximum absolute atomic E-state index is 2.31. The fraction of sp³-hybridized carbons (Fsp3) is 1.00. The zero-order chi connectivity index (χ0) is 10.2. The number of halogens is 2. The Bertz CT molecular complexity index is 88.7. The average Bonchev–Trinajstić information content (AvgIpc) is 2.06. The van der Waals surface area contributed by atoms with Crippen molar-refractivity contribution in [2.24, 2.45) is 0 Å². The molecule has 0 bridgehead atoms. The second kappa shape index (κ2) is 11.9. The van der Waals surface area contributed by atoms with Gasteiger partial charge in [0.1, 0.15) is 0 Å². The lowest BCUT2D eigenvalue weighted by Gasteiger charge is -2.38. The van der Waals surface area contributed by atoms with Gasteiger partial charge < -0.3 is 9.19 Å². The Labute approximate surface area is 94.2 Å². The molecule has 0 saturated carbocycles. The molecule has 0 aliphatic heterocycles. The zero-order valence-electron chi connectivity index (χ0n) is 10.9. The van der Waals surface area contributed by atoms with E-state index in [-0.39, 0.29) is 9.41 Å². The third kappa shape index (κ3) is 7.71. The van der Waals surface area contributed by atoms with E-state index in [0.29, 0.717) is 0 Å². The number of quaternary nitrogens is 1. The second-order valence-corrected chi connectivity index (χ2v) is 4.24. The van der Waals surface area contributed by atoms with Crippen molar-refractivity contribution in [1.29, 1.82) is 0 Å². The molecule has 96 valence electrons. The van der Waals surface area contributed by atoms with Crippen LogP contribution in [-0.2, 0) is 0 Å². The summed E-state index contributed by atoms with van der Waals surface area (Å²) in [6, 6.07) is 0. The van der Waals surface area contributed by atoms with Crippen molar-refractivity contribution in [3.05, 3.63) is 0 Å². The molecule has 0 aromatic carbocycles. The van der Waals surface area contributed by atoms with Crippen LogP contribution in [0.25, 0.3) is 0 Å². The van der Waals surface area contributed by atoms with Gasteiger partial charge in [0, 0.05) is 0 Å². The molecule has 0 amide bonds. The molecule has 0 saturated heterocycles. The molecule has 0 aliphatic carbocycles. The van der Waals surface area contributed by atoms with Crippen molar-refractivity contribution in [2.75, 3.05) is 26.2 Å². The van der Waals surface area contributed by atoms with E-state index in [2.05, 4.69) is 27.7 Å². The van der Waals surface area contributed by atoms with Gasteiger partial charge in [0.15, 0.2) is 0 Å². The van der Waals surface area contributed by atoms with Gasteiger partial charge >= 0.3 is 0 Å². The van der Waals surface area contributed by atoms with Gasteiger partial charge in [0.2, 0.25) is 0 Å². The zero-order valence-corrected chi connectivity index (χ0v) is 10.9. The minimum absolute atomic E-state index is 0. The Balaban J connectivity index is -0.000000720. The van der Waals surface area contributed by atoms with Crippen LogP contribution in [0, 0.1) is 0 Å². The Morgan fingerprint density at radius 3 is 0.933 bits per heavy atom. The third-order valence-corrected chi connectivity index (χ3v) is 2.79. The summed E-state index contributed by atoms with van der Waals surface area (Å²) in [5, 5.41) is 0. The smallest absolute Gasteiger partial charge is 0.0783 e. The van der Waals surface area contributed by atoms with Gasteiger partial charge in [-0.2, -0.15) is 0 Å². The molecule has 0 fully saturated rings. The molecule has 0 radical (unpaired) electrons. The number of nitrogens with zero attached hydrogens (tertiary/aromatic N) is 1. The van der Waals surface area contributed by atoms with Gasteiger partial charge in [-0.1, -0.05) is 27.7 Å². The molecule has 0 spiro atoms. The molecular formula is C12H29F2N. The van der Waals surface area contributed by atoms with Gasteiger partial charge in [-0.05, 0) is 25.7 Å². The van der Waals surface area contributed by atoms with E-state index in [0.717, 1.165) is 0 Å². The summed E-state index contributed by atoms with van der Waals surface area (Å²) in [4.78, 5) is 0. The summed E-state index contributed by atoms with van der Waals surface area (Å²) in [6.45, 7) is 14.8. The standard InChI is InChI=1S/C12H28N.2FH/c1-5-9-13(10-6-2,11-7-3)12-8-4;;/h5-12H2,1-4H3;2*1H/q+1;;/p-1. The maximum atomic E-state index is 2.31. The predicted molar refractivity (Wildman–Crippen MR) is 63.4 cm³/mol. The van der Waals surface area contributed by atoms with Crippen LogP contribution in [-0.4, -0.2) is 30.7 Å². The largest absolute Gasteiger partial charge is 1.00 e. The normalized spacial score (nSPS) is 10.4. The van der Waals surface area contributed by atoms with E-state index in [1.807, 2.05) is 0 Å². The summed E-state index contributed by atoms with van der Waals surface area (Å²) < 4.78 is 1.38. The van der Waals surface area contributed by atoms with Crippen LogP contribution in [0.4, 0.5) is 4.70 Å².